The maximum atomic E-state index is 2.44. The maximum absolute atomic E-state index is 2.44. The van der Waals surface area contributed by atoms with Crippen LogP contribution in [0.5, 0.6) is 0 Å². The van der Waals surface area contributed by atoms with Crippen molar-refractivity contribution in [2.24, 2.45) is 5.92 Å². The average Bonchev–Trinajstić information content (AvgIpc) is 2.33. The first-order valence-electron chi connectivity index (χ1n) is 8.31. The van der Waals surface area contributed by atoms with Gasteiger partial charge in [0.2, 0.25) is 0 Å². The summed E-state index contributed by atoms with van der Waals surface area (Å²) in [7, 11) is 0. The van der Waals surface area contributed by atoms with Gasteiger partial charge in [-0.2, -0.15) is 0 Å². The van der Waals surface area contributed by atoms with E-state index < -0.39 is 0 Å². The standard InChI is InChI=1S/C17H36/c1-4-6-8-9-10-11-12-14-16-17(3)15-13-7-5-2/h17H,4-16H2,1-3H3/t17-/m0/s1. The van der Waals surface area contributed by atoms with E-state index >= 15 is 0 Å². The molecule has 0 saturated carbocycles. The zero-order valence-corrected chi connectivity index (χ0v) is 12.8. The minimum atomic E-state index is 0.974. The van der Waals surface area contributed by atoms with Crippen LogP contribution in [0.4, 0.5) is 0 Å². The van der Waals surface area contributed by atoms with E-state index in [1.165, 1.54) is 83.5 Å². The van der Waals surface area contributed by atoms with Gasteiger partial charge >= 0.3 is 0 Å². The third-order valence-electron chi connectivity index (χ3n) is 3.85. The van der Waals surface area contributed by atoms with Crippen LogP contribution < -0.4 is 0 Å². The van der Waals surface area contributed by atoms with E-state index in [4.69, 9.17) is 0 Å². The summed E-state index contributed by atoms with van der Waals surface area (Å²) in [6, 6.07) is 0. The van der Waals surface area contributed by atoms with Crippen molar-refractivity contribution >= 4 is 0 Å². The molecular formula is C17H36. The molecule has 0 fully saturated rings. The summed E-state index contributed by atoms with van der Waals surface area (Å²) in [5.41, 5.74) is 0. The highest BCUT2D eigenvalue weighted by Crippen LogP contribution is 2.17. The van der Waals surface area contributed by atoms with Gasteiger partial charge in [-0.3, -0.25) is 0 Å². The van der Waals surface area contributed by atoms with Gasteiger partial charge in [0.1, 0.15) is 0 Å². The van der Waals surface area contributed by atoms with Crippen molar-refractivity contribution in [2.75, 3.05) is 0 Å². The molecule has 0 nitrogen and oxygen atoms in total. The monoisotopic (exact) mass is 240 g/mol. The molecule has 0 saturated heterocycles. The highest BCUT2D eigenvalue weighted by atomic mass is 14.1. The molecule has 0 aromatic heterocycles. The molecular weight excluding hydrogens is 204 g/mol. The summed E-state index contributed by atoms with van der Waals surface area (Å²) < 4.78 is 0. The Bertz CT molecular complexity index is 128. The second kappa shape index (κ2) is 14.1. The lowest BCUT2D eigenvalue weighted by Gasteiger charge is -2.10. The van der Waals surface area contributed by atoms with Gasteiger partial charge in [-0.1, -0.05) is 104 Å². The predicted octanol–water partition coefficient (Wildman–Crippen LogP) is 6.73. The van der Waals surface area contributed by atoms with Crippen molar-refractivity contribution in [1.29, 1.82) is 0 Å². The Hall–Kier alpha value is 0. The summed E-state index contributed by atoms with van der Waals surface area (Å²) in [6.07, 6.45) is 18.8. The molecule has 17 heavy (non-hydrogen) atoms. The van der Waals surface area contributed by atoms with E-state index in [2.05, 4.69) is 20.8 Å². The normalized spacial score (nSPS) is 12.9. The second-order valence-corrected chi connectivity index (χ2v) is 5.86. The van der Waals surface area contributed by atoms with E-state index in [0.29, 0.717) is 0 Å². The molecule has 0 unspecified atom stereocenters. The van der Waals surface area contributed by atoms with Crippen LogP contribution in [0.15, 0.2) is 0 Å². The number of rotatable bonds is 13. The van der Waals surface area contributed by atoms with Gasteiger partial charge in [0.05, 0.1) is 0 Å². The van der Waals surface area contributed by atoms with Crippen LogP contribution in [-0.2, 0) is 0 Å². The minimum Gasteiger partial charge on any atom is -0.0654 e. The molecule has 0 aromatic rings. The molecule has 0 heterocycles. The van der Waals surface area contributed by atoms with Crippen molar-refractivity contribution in [3.63, 3.8) is 0 Å². The van der Waals surface area contributed by atoms with E-state index in [1.807, 2.05) is 0 Å². The molecule has 104 valence electrons. The van der Waals surface area contributed by atoms with Crippen LogP contribution in [0.2, 0.25) is 0 Å². The van der Waals surface area contributed by atoms with Crippen molar-refractivity contribution in [3.05, 3.63) is 0 Å². The first kappa shape index (κ1) is 17.0. The molecule has 0 aliphatic carbocycles. The summed E-state index contributed by atoms with van der Waals surface area (Å²) in [6.45, 7) is 7.03. The molecule has 0 bridgehead atoms. The highest BCUT2D eigenvalue weighted by Gasteiger charge is 2.01. The number of unbranched alkanes of at least 4 members (excludes halogenated alkanes) is 9. The molecule has 0 heteroatoms. The van der Waals surface area contributed by atoms with Crippen molar-refractivity contribution < 1.29 is 0 Å². The van der Waals surface area contributed by atoms with Gasteiger partial charge < -0.3 is 0 Å². The Balaban J connectivity index is 3.05. The lowest BCUT2D eigenvalue weighted by Crippen LogP contribution is -1.94. The zero-order valence-electron chi connectivity index (χ0n) is 12.8. The molecule has 0 N–H and O–H groups in total. The summed E-state index contributed by atoms with van der Waals surface area (Å²) in [4.78, 5) is 0. The van der Waals surface area contributed by atoms with Crippen LogP contribution in [0.25, 0.3) is 0 Å². The van der Waals surface area contributed by atoms with Crippen LogP contribution >= 0.6 is 0 Å². The van der Waals surface area contributed by atoms with Gasteiger partial charge in [0.25, 0.3) is 0 Å². The molecule has 0 radical (unpaired) electrons. The molecule has 0 spiro atoms. The Morgan fingerprint density at radius 1 is 0.529 bits per heavy atom. The quantitative estimate of drug-likeness (QED) is 0.313. The lowest BCUT2D eigenvalue weighted by atomic mass is 9.96. The summed E-state index contributed by atoms with van der Waals surface area (Å²) >= 11 is 0. The fraction of sp³-hybridized carbons (Fsp3) is 1.00. The third kappa shape index (κ3) is 13.9. The van der Waals surface area contributed by atoms with E-state index in [9.17, 15) is 0 Å². The van der Waals surface area contributed by atoms with Crippen molar-refractivity contribution in [3.8, 4) is 0 Å². The molecule has 0 rings (SSSR count). The topological polar surface area (TPSA) is 0 Å². The van der Waals surface area contributed by atoms with E-state index in [-0.39, 0.29) is 0 Å². The Labute approximate surface area is 111 Å². The van der Waals surface area contributed by atoms with Crippen LogP contribution in [0.1, 0.15) is 104 Å². The Morgan fingerprint density at radius 2 is 0.882 bits per heavy atom. The maximum Gasteiger partial charge on any atom is -0.0443 e. The van der Waals surface area contributed by atoms with Gasteiger partial charge in [0, 0.05) is 0 Å². The second-order valence-electron chi connectivity index (χ2n) is 5.86. The fourth-order valence-corrected chi connectivity index (χ4v) is 2.51. The van der Waals surface area contributed by atoms with Gasteiger partial charge in [-0.15, -0.1) is 0 Å². The van der Waals surface area contributed by atoms with Crippen LogP contribution in [0.3, 0.4) is 0 Å². The summed E-state index contributed by atoms with van der Waals surface area (Å²) in [5, 5.41) is 0. The van der Waals surface area contributed by atoms with Gasteiger partial charge in [0.15, 0.2) is 0 Å². The molecule has 0 aromatic carbocycles. The smallest absolute Gasteiger partial charge is 0.0443 e. The van der Waals surface area contributed by atoms with E-state index in [1.54, 1.807) is 0 Å². The molecule has 1 atom stereocenters. The van der Waals surface area contributed by atoms with Crippen molar-refractivity contribution in [2.45, 2.75) is 104 Å². The summed E-state index contributed by atoms with van der Waals surface area (Å²) in [5.74, 6) is 0.974. The zero-order chi connectivity index (χ0) is 12.8. The van der Waals surface area contributed by atoms with E-state index in [0.717, 1.165) is 5.92 Å². The Morgan fingerprint density at radius 3 is 1.41 bits per heavy atom. The largest absolute Gasteiger partial charge is 0.0654 e. The van der Waals surface area contributed by atoms with Crippen LogP contribution in [-0.4, -0.2) is 0 Å². The number of hydrogen-bond acceptors (Lipinski definition) is 0. The number of hydrogen-bond donors (Lipinski definition) is 0. The van der Waals surface area contributed by atoms with Crippen molar-refractivity contribution in [1.82, 2.24) is 0 Å². The third-order valence-corrected chi connectivity index (χ3v) is 3.85. The molecule has 0 amide bonds. The first-order chi connectivity index (χ1) is 8.31. The highest BCUT2D eigenvalue weighted by molar-refractivity contribution is 4.55. The predicted molar refractivity (Wildman–Crippen MR) is 80.5 cm³/mol. The van der Waals surface area contributed by atoms with Crippen LogP contribution in [0, 0.1) is 5.92 Å². The fourth-order valence-electron chi connectivity index (χ4n) is 2.51. The SMILES string of the molecule is CCCCCCCCCC[C@@H](C)CCCCC. The van der Waals surface area contributed by atoms with Gasteiger partial charge in [-0.25, -0.2) is 0 Å². The Kier molecular flexibility index (Phi) is 14.1. The minimum absolute atomic E-state index is 0.974. The molecule has 0 aliphatic rings. The lowest BCUT2D eigenvalue weighted by molar-refractivity contribution is 0.436. The first-order valence-corrected chi connectivity index (χ1v) is 8.31. The average molecular weight is 240 g/mol. The molecule has 0 aliphatic heterocycles. The van der Waals surface area contributed by atoms with Gasteiger partial charge in [-0.05, 0) is 5.92 Å².